The summed E-state index contributed by atoms with van der Waals surface area (Å²) in [7, 11) is -3.55. The van der Waals surface area contributed by atoms with Crippen molar-refractivity contribution in [3.8, 4) is 17.5 Å². The number of halogens is 1. The molecule has 0 radical (unpaired) electrons. The van der Waals surface area contributed by atoms with Crippen molar-refractivity contribution >= 4 is 15.9 Å². The quantitative estimate of drug-likeness (QED) is 0.614. The molecule has 184 valence electrons. The van der Waals surface area contributed by atoms with E-state index in [1.807, 2.05) is 20.8 Å². The molecule has 2 saturated heterocycles. The number of rotatable bonds is 5. The van der Waals surface area contributed by atoms with E-state index in [1.54, 1.807) is 11.8 Å². The zero-order valence-electron chi connectivity index (χ0n) is 19.7. The van der Waals surface area contributed by atoms with Crippen LogP contribution in [0.2, 0.25) is 0 Å². The molecule has 9 nitrogen and oxygen atoms in total. The van der Waals surface area contributed by atoms with Gasteiger partial charge in [0.1, 0.15) is 18.0 Å². The lowest BCUT2D eigenvalue weighted by atomic mass is 9.98. The standard InChI is InChI=1S/C23H28FN3O6S/c1-13-20(31-18-9-7-15(11-16(18)24)34(5,29)30)25-12-26-21(13)32-19-10-14-6-8-17(19)27(14)22(28)33-23(2,3)4/h7,9,11-12,14,17,19H,6,8,10H2,1-5H3/t14?,17?,19-/m0/s1. The lowest BCUT2D eigenvalue weighted by molar-refractivity contribution is 0.0180. The summed E-state index contributed by atoms with van der Waals surface area (Å²) in [5, 5.41) is 0. The van der Waals surface area contributed by atoms with Gasteiger partial charge in [-0.1, -0.05) is 0 Å². The molecule has 11 heteroatoms. The van der Waals surface area contributed by atoms with Crippen LogP contribution in [0.4, 0.5) is 9.18 Å². The summed E-state index contributed by atoms with van der Waals surface area (Å²) in [5.41, 5.74) is -0.125. The van der Waals surface area contributed by atoms with Gasteiger partial charge in [0.05, 0.1) is 16.5 Å². The predicted molar refractivity (Wildman–Crippen MR) is 120 cm³/mol. The van der Waals surface area contributed by atoms with Crippen LogP contribution in [-0.2, 0) is 14.6 Å². The van der Waals surface area contributed by atoms with Crippen molar-refractivity contribution in [1.82, 2.24) is 14.9 Å². The highest BCUT2D eigenvalue weighted by Crippen LogP contribution is 2.41. The van der Waals surface area contributed by atoms with E-state index >= 15 is 0 Å². The summed E-state index contributed by atoms with van der Waals surface area (Å²) in [6.45, 7) is 7.19. The van der Waals surface area contributed by atoms with E-state index < -0.39 is 21.3 Å². The van der Waals surface area contributed by atoms with Crippen molar-refractivity contribution in [2.75, 3.05) is 6.26 Å². The zero-order valence-corrected chi connectivity index (χ0v) is 20.6. The molecule has 3 atom stereocenters. The first-order chi connectivity index (χ1) is 15.8. The number of amides is 1. The highest BCUT2D eigenvalue weighted by atomic mass is 32.2. The molecule has 1 amide bonds. The van der Waals surface area contributed by atoms with E-state index in [9.17, 15) is 17.6 Å². The largest absolute Gasteiger partial charge is 0.472 e. The van der Waals surface area contributed by atoms with Gasteiger partial charge in [-0.25, -0.2) is 27.6 Å². The van der Waals surface area contributed by atoms with Gasteiger partial charge in [0.15, 0.2) is 21.4 Å². The molecule has 2 aliphatic rings. The van der Waals surface area contributed by atoms with Crippen LogP contribution in [0, 0.1) is 12.7 Å². The van der Waals surface area contributed by atoms with Crippen molar-refractivity contribution in [2.24, 2.45) is 0 Å². The number of carbonyl (C=O) groups excluding carboxylic acids is 1. The first-order valence-corrected chi connectivity index (χ1v) is 12.9. The molecule has 0 saturated carbocycles. The Kier molecular flexibility index (Phi) is 6.17. The normalized spacial score (nSPS) is 22.1. The van der Waals surface area contributed by atoms with Crippen LogP contribution in [0.5, 0.6) is 17.5 Å². The number of carbonyl (C=O) groups is 1. The minimum Gasteiger partial charge on any atom is -0.472 e. The Morgan fingerprint density at radius 2 is 1.88 bits per heavy atom. The van der Waals surface area contributed by atoms with E-state index in [0.29, 0.717) is 12.0 Å². The number of nitrogens with zero attached hydrogens (tertiary/aromatic N) is 3. The topological polar surface area (TPSA) is 108 Å². The second-order valence-corrected chi connectivity index (χ2v) is 11.7. The highest BCUT2D eigenvalue weighted by molar-refractivity contribution is 7.90. The van der Waals surface area contributed by atoms with Gasteiger partial charge >= 0.3 is 6.09 Å². The number of sulfone groups is 1. The van der Waals surface area contributed by atoms with E-state index in [2.05, 4.69) is 9.97 Å². The van der Waals surface area contributed by atoms with E-state index in [-0.39, 0.29) is 46.7 Å². The van der Waals surface area contributed by atoms with Crippen LogP contribution in [0.1, 0.15) is 45.6 Å². The van der Waals surface area contributed by atoms with Crippen LogP contribution < -0.4 is 9.47 Å². The van der Waals surface area contributed by atoms with Crippen LogP contribution in [0.15, 0.2) is 29.4 Å². The summed E-state index contributed by atoms with van der Waals surface area (Å²) < 4.78 is 55.0. The Morgan fingerprint density at radius 1 is 1.18 bits per heavy atom. The van der Waals surface area contributed by atoms with Gasteiger partial charge in [0.2, 0.25) is 11.8 Å². The van der Waals surface area contributed by atoms with Gasteiger partial charge in [0, 0.05) is 18.7 Å². The Hall–Kier alpha value is -2.95. The number of benzene rings is 1. The van der Waals surface area contributed by atoms with E-state index in [4.69, 9.17) is 14.2 Å². The number of hydrogen-bond acceptors (Lipinski definition) is 8. The molecule has 2 aromatic rings. The highest BCUT2D eigenvalue weighted by Gasteiger charge is 2.51. The van der Waals surface area contributed by atoms with Crippen LogP contribution in [0.3, 0.4) is 0 Å². The van der Waals surface area contributed by atoms with Crippen molar-refractivity contribution in [3.05, 3.63) is 35.9 Å². The smallest absolute Gasteiger partial charge is 0.410 e. The monoisotopic (exact) mass is 493 g/mol. The average Bonchev–Trinajstić information content (AvgIpc) is 3.28. The van der Waals surface area contributed by atoms with Gasteiger partial charge < -0.3 is 14.2 Å². The molecule has 4 rings (SSSR count). The molecule has 1 aromatic heterocycles. The lowest BCUT2D eigenvalue weighted by Crippen LogP contribution is -2.42. The first-order valence-electron chi connectivity index (χ1n) is 11.0. The molecule has 2 aliphatic heterocycles. The summed E-state index contributed by atoms with van der Waals surface area (Å²) in [6.07, 6.45) is 4.00. The number of fused-ring (bicyclic) bond motifs is 2. The average molecular weight is 494 g/mol. The van der Waals surface area contributed by atoms with Crippen LogP contribution in [-0.4, -0.2) is 59.4 Å². The third-order valence-corrected chi connectivity index (χ3v) is 6.99. The third kappa shape index (κ3) is 4.94. The van der Waals surface area contributed by atoms with E-state index in [0.717, 1.165) is 25.2 Å². The molecule has 2 fully saturated rings. The third-order valence-electron chi connectivity index (χ3n) is 5.88. The first kappa shape index (κ1) is 24.2. The molecule has 1 aromatic carbocycles. The minimum absolute atomic E-state index is 0.0465. The fraction of sp³-hybridized carbons (Fsp3) is 0.522. The number of hydrogen-bond donors (Lipinski definition) is 0. The molecule has 0 spiro atoms. The van der Waals surface area contributed by atoms with Crippen molar-refractivity contribution in [3.63, 3.8) is 0 Å². The molecule has 34 heavy (non-hydrogen) atoms. The maximum absolute atomic E-state index is 14.5. The van der Waals surface area contributed by atoms with Crippen LogP contribution in [0.25, 0.3) is 0 Å². The molecular weight excluding hydrogens is 465 g/mol. The summed E-state index contributed by atoms with van der Waals surface area (Å²) in [5.74, 6) is -0.635. The Balaban J connectivity index is 1.50. The van der Waals surface area contributed by atoms with Gasteiger partial charge in [-0.15, -0.1) is 0 Å². The van der Waals surface area contributed by atoms with Gasteiger partial charge in [-0.05, 0) is 58.7 Å². The summed E-state index contributed by atoms with van der Waals surface area (Å²) in [6, 6.07) is 3.33. The van der Waals surface area contributed by atoms with E-state index in [1.165, 1.54) is 18.5 Å². The fourth-order valence-corrected chi connectivity index (χ4v) is 4.98. The van der Waals surface area contributed by atoms with Gasteiger partial charge in [-0.2, -0.15) is 0 Å². The molecule has 2 bridgehead atoms. The van der Waals surface area contributed by atoms with Crippen molar-refractivity contribution < 1.29 is 31.8 Å². The van der Waals surface area contributed by atoms with Gasteiger partial charge in [0.25, 0.3) is 0 Å². The molecular formula is C23H28FN3O6S. The molecule has 2 unspecified atom stereocenters. The second kappa shape index (κ2) is 8.68. The maximum atomic E-state index is 14.5. The minimum atomic E-state index is -3.55. The SMILES string of the molecule is Cc1c(Oc2ccc(S(C)(=O)=O)cc2F)ncnc1O[C@H]1CC2CCC1N2C(=O)OC(C)(C)C. The van der Waals surface area contributed by atoms with Gasteiger partial charge in [-0.3, -0.25) is 4.90 Å². The Bertz CT molecular complexity index is 1210. The zero-order chi connectivity index (χ0) is 24.8. The Labute approximate surface area is 198 Å². The predicted octanol–water partition coefficient (Wildman–Crippen LogP) is 4.04. The summed E-state index contributed by atoms with van der Waals surface area (Å²) >= 11 is 0. The molecule has 0 N–H and O–H groups in total. The number of ether oxygens (including phenoxy) is 3. The van der Waals surface area contributed by atoms with Crippen LogP contribution >= 0.6 is 0 Å². The lowest BCUT2D eigenvalue weighted by Gasteiger charge is -2.28. The van der Waals surface area contributed by atoms with Crippen molar-refractivity contribution in [1.29, 1.82) is 0 Å². The Morgan fingerprint density at radius 3 is 2.53 bits per heavy atom. The molecule has 3 heterocycles. The molecule has 0 aliphatic carbocycles. The fourth-order valence-electron chi connectivity index (χ4n) is 4.34. The van der Waals surface area contributed by atoms with Crippen molar-refractivity contribution in [2.45, 2.75) is 75.6 Å². The number of aromatic nitrogens is 2. The second-order valence-electron chi connectivity index (χ2n) is 9.65. The summed E-state index contributed by atoms with van der Waals surface area (Å²) in [4.78, 5) is 22.6. The maximum Gasteiger partial charge on any atom is 0.410 e.